The molecule has 12 nitrogen and oxygen atoms in total. The van der Waals surface area contributed by atoms with Crippen LogP contribution in [-0.2, 0) is 9.59 Å². The predicted molar refractivity (Wildman–Crippen MR) is 138 cm³/mol. The molecule has 0 saturated carbocycles. The molecule has 38 heavy (non-hydrogen) atoms. The normalized spacial score (nSPS) is 17.4. The fourth-order valence-electron chi connectivity index (χ4n) is 3.21. The van der Waals surface area contributed by atoms with Gasteiger partial charge in [0.25, 0.3) is 0 Å². The molecule has 12 heteroatoms. The Labute approximate surface area is 225 Å². The molecule has 0 amide bonds. The van der Waals surface area contributed by atoms with E-state index in [1.165, 1.54) is 13.8 Å². The first-order valence-corrected chi connectivity index (χ1v) is 12.3. The van der Waals surface area contributed by atoms with E-state index in [0.717, 1.165) is 0 Å². The van der Waals surface area contributed by atoms with E-state index in [0.29, 0.717) is 24.7 Å². The average molecular weight is 529 g/mol. The zero-order valence-corrected chi connectivity index (χ0v) is 23.7. The number of carboxylic acid groups (broad SMARTS) is 2. The van der Waals surface area contributed by atoms with Gasteiger partial charge in [-0.15, -0.1) is 0 Å². The van der Waals surface area contributed by atoms with Gasteiger partial charge in [0, 0.05) is 12.8 Å². The van der Waals surface area contributed by atoms with Crippen molar-refractivity contribution in [2.75, 3.05) is 0 Å². The monoisotopic (exact) mass is 528 g/mol. The summed E-state index contributed by atoms with van der Waals surface area (Å²) in [5, 5.41) is 69.4. The molecule has 0 rings (SSSR count). The number of hydrogen-bond donors (Lipinski definition) is 2. The molecule has 0 bridgehead atoms. The molecular formula is C26H40N8O4. The minimum absolute atomic E-state index is 0.0389. The van der Waals surface area contributed by atoms with Crippen LogP contribution in [-0.4, -0.2) is 44.3 Å². The first kappa shape index (κ1) is 36.3. The van der Waals surface area contributed by atoms with Crippen molar-refractivity contribution in [1.82, 2.24) is 0 Å². The van der Waals surface area contributed by atoms with Crippen LogP contribution in [0.1, 0.15) is 93.9 Å². The minimum Gasteiger partial charge on any atom is -0.481 e. The molecule has 0 heterocycles. The van der Waals surface area contributed by atoms with Crippen LogP contribution in [0.15, 0.2) is 20.5 Å². The molecule has 0 spiro atoms. The Morgan fingerprint density at radius 1 is 0.605 bits per heavy atom. The van der Waals surface area contributed by atoms with Crippen molar-refractivity contribution in [2.45, 2.75) is 116 Å². The molecule has 2 N–H and O–H groups in total. The van der Waals surface area contributed by atoms with Gasteiger partial charge in [-0.05, 0) is 65.2 Å². The van der Waals surface area contributed by atoms with Crippen molar-refractivity contribution in [2.24, 2.45) is 32.3 Å². The van der Waals surface area contributed by atoms with Crippen LogP contribution in [0.25, 0.3) is 0 Å². The van der Waals surface area contributed by atoms with E-state index in [2.05, 4.69) is 32.6 Å². The Kier molecular flexibility index (Phi) is 15.3. The maximum absolute atomic E-state index is 10.5. The molecule has 4 atom stereocenters. The Hall–Kier alpha value is -3.90. The van der Waals surface area contributed by atoms with Crippen molar-refractivity contribution < 1.29 is 19.8 Å². The second-order valence-electron chi connectivity index (χ2n) is 10.9. The lowest BCUT2D eigenvalue weighted by molar-refractivity contribution is -0.138. The smallest absolute Gasteiger partial charge is 0.303 e. The average Bonchev–Trinajstić information content (AvgIpc) is 2.83. The highest BCUT2D eigenvalue weighted by Crippen LogP contribution is 2.26. The molecule has 0 radical (unpaired) electrons. The number of hydrogen-bond acceptors (Lipinski definition) is 10. The van der Waals surface area contributed by atoms with E-state index in [1.54, 1.807) is 13.8 Å². The highest BCUT2D eigenvalue weighted by Gasteiger charge is 2.30. The Morgan fingerprint density at radius 2 is 0.842 bits per heavy atom. The summed E-state index contributed by atoms with van der Waals surface area (Å²) in [6.45, 7) is 14.5. The van der Waals surface area contributed by atoms with Gasteiger partial charge in [0.15, 0.2) is 22.2 Å². The van der Waals surface area contributed by atoms with E-state index >= 15 is 0 Å². The van der Waals surface area contributed by atoms with Gasteiger partial charge in [0.2, 0.25) is 0 Å². The Bertz CT molecular complexity index is 950. The molecule has 0 aliphatic rings. The van der Waals surface area contributed by atoms with Gasteiger partial charge in [0.05, 0.1) is 24.3 Å². The van der Waals surface area contributed by atoms with Gasteiger partial charge >= 0.3 is 11.9 Å². The van der Waals surface area contributed by atoms with Crippen LogP contribution < -0.4 is 0 Å². The van der Waals surface area contributed by atoms with Crippen molar-refractivity contribution in [3.05, 3.63) is 0 Å². The molecule has 0 aliphatic carbocycles. The molecule has 0 aliphatic heterocycles. The van der Waals surface area contributed by atoms with E-state index in [9.17, 15) is 20.1 Å². The number of nitrogens with zero attached hydrogens (tertiary/aromatic N) is 8. The number of azo groups is 2. The van der Waals surface area contributed by atoms with Gasteiger partial charge in [-0.25, -0.2) is 0 Å². The molecule has 0 aromatic carbocycles. The summed E-state index contributed by atoms with van der Waals surface area (Å²) in [6.07, 6.45) is 0.723. The standard InChI is InChI=1S/C14H24N4.C12H16N4O4/c1-11(2)7-13(5,9-15)17-18-14(6,10-16)8-12(3)4;1-11(7-13,5-3-9(17)18)15-16-12(2,8-14)6-4-10(19)20/h11-12H,7-8H2,1-6H3;3-6H2,1-2H3,(H,17,18)(H,19,20). The third-order valence-electron chi connectivity index (χ3n) is 5.21. The lowest BCUT2D eigenvalue weighted by Crippen LogP contribution is -2.26. The van der Waals surface area contributed by atoms with Gasteiger partial charge in [-0.3, -0.25) is 9.59 Å². The summed E-state index contributed by atoms with van der Waals surface area (Å²) in [6, 6.07) is 8.07. The van der Waals surface area contributed by atoms with Crippen molar-refractivity contribution in [3.63, 3.8) is 0 Å². The summed E-state index contributed by atoms with van der Waals surface area (Å²) in [7, 11) is 0. The van der Waals surface area contributed by atoms with Gasteiger partial charge < -0.3 is 10.2 Å². The largest absolute Gasteiger partial charge is 0.481 e. The second-order valence-corrected chi connectivity index (χ2v) is 10.9. The number of carbonyl (C=O) groups is 2. The summed E-state index contributed by atoms with van der Waals surface area (Å²) < 4.78 is 0. The number of carboxylic acids is 2. The molecule has 0 saturated heterocycles. The third kappa shape index (κ3) is 16.0. The molecule has 208 valence electrons. The van der Waals surface area contributed by atoms with E-state index in [1.807, 2.05) is 39.8 Å². The third-order valence-corrected chi connectivity index (χ3v) is 5.21. The summed E-state index contributed by atoms with van der Waals surface area (Å²) in [4.78, 5) is 21.0. The lowest BCUT2D eigenvalue weighted by Gasteiger charge is -2.22. The van der Waals surface area contributed by atoms with E-state index in [4.69, 9.17) is 20.7 Å². The van der Waals surface area contributed by atoms with Crippen LogP contribution in [0.2, 0.25) is 0 Å². The molecular weight excluding hydrogens is 488 g/mol. The maximum atomic E-state index is 10.5. The van der Waals surface area contributed by atoms with Crippen LogP contribution in [0.3, 0.4) is 0 Å². The maximum Gasteiger partial charge on any atom is 0.303 e. The quantitative estimate of drug-likeness (QED) is 0.260. The molecule has 0 fully saturated rings. The number of rotatable bonds is 14. The highest BCUT2D eigenvalue weighted by atomic mass is 16.4. The van der Waals surface area contributed by atoms with Gasteiger partial charge in [0.1, 0.15) is 0 Å². The molecule has 0 aromatic rings. The number of aliphatic carboxylic acids is 2. The van der Waals surface area contributed by atoms with Crippen LogP contribution >= 0.6 is 0 Å². The van der Waals surface area contributed by atoms with E-state index < -0.39 is 34.1 Å². The van der Waals surface area contributed by atoms with Gasteiger partial charge in [-0.1, -0.05) is 27.7 Å². The first-order chi connectivity index (χ1) is 17.3. The zero-order chi connectivity index (χ0) is 30.2. The van der Waals surface area contributed by atoms with Crippen molar-refractivity contribution >= 4 is 11.9 Å². The zero-order valence-electron chi connectivity index (χ0n) is 23.7. The van der Waals surface area contributed by atoms with Crippen LogP contribution in [0, 0.1) is 57.2 Å². The fraction of sp³-hybridized carbons (Fsp3) is 0.769. The molecule has 0 aromatic heterocycles. The lowest BCUT2D eigenvalue weighted by atomic mass is 9.92. The second kappa shape index (κ2) is 16.0. The summed E-state index contributed by atoms with van der Waals surface area (Å²) in [5.41, 5.74) is -4.36. The topological polar surface area (TPSA) is 219 Å². The predicted octanol–water partition coefficient (Wildman–Crippen LogP) is 5.83. The fourth-order valence-corrected chi connectivity index (χ4v) is 3.21. The van der Waals surface area contributed by atoms with Crippen LogP contribution in [0.5, 0.6) is 0 Å². The first-order valence-electron chi connectivity index (χ1n) is 12.3. The molecule has 4 unspecified atom stereocenters. The Balaban J connectivity index is 0. The van der Waals surface area contributed by atoms with Crippen LogP contribution in [0.4, 0.5) is 0 Å². The highest BCUT2D eigenvalue weighted by molar-refractivity contribution is 5.67. The van der Waals surface area contributed by atoms with Gasteiger partial charge in [-0.2, -0.15) is 41.5 Å². The van der Waals surface area contributed by atoms with Crippen molar-refractivity contribution in [3.8, 4) is 24.3 Å². The van der Waals surface area contributed by atoms with Crippen molar-refractivity contribution in [1.29, 1.82) is 21.0 Å². The SMILES string of the molecule is CC(C#N)(CCC(=O)O)N=NC(C)(C#N)CCC(=O)O.CC(C)CC(C)(C#N)N=NC(C)(C#N)CC(C)C. The Morgan fingerprint density at radius 3 is 1.03 bits per heavy atom. The summed E-state index contributed by atoms with van der Waals surface area (Å²) >= 11 is 0. The minimum atomic E-state index is -1.35. The van der Waals surface area contributed by atoms with E-state index in [-0.39, 0.29) is 25.7 Å². The number of nitriles is 4. The summed E-state index contributed by atoms with van der Waals surface area (Å²) in [5.74, 6) is -1.38.